The summed E-state index contributed by atoms with van der Waals surface area (Å²) in [5.74, 6) is 6.04. The summed E-state index contributed by atoms with van der Waals surface area (Å²) in [4.78, 5) is 14.7. The number of carbonyl (C=O) groups excluding carboxylic acids is 1. The summed E-state index contributed by atoms with van der Waals surface area (Å²) in [6.07, 6.45) is -9.10. The molecule has 0 bridgehead atoms. The Kier molecular flexibility index (Phi) is 24.4. The average Bonchev–Trinajstić information content (AvgIpc) is 1.56. The van der Waals surface area contributed by atoms with E-state index in [-0.39, 0.29) is 65.7 Å². The lowest BCUT2D eigenvalue weighted by Gasteiger charge is -2.45. The third-order valence-electron chi connectivity index (χ3n) is 15.0. The minimum absolute atomic E-state index is 0.0182. The molecule has 2 fully saturated rings. The first-order chi connectivity index (χ1) is 43.0. The Morgan fingerprint density at radius 1 is 0.391 bits per heavy atom. The van der Waals surface area contributed by atoms with Crippen molar-refractivity contribution in [2.45, 2.75) is 127 Å². The molecule has 11 atom stereocenters. The number of rotatable bonds is 30. The van der Waals surface area contributed by atoms with Gasteiger partial charge in [0.1, 0.15) is 54.9 Å². The topological polar surface area (TPSA) is 128 Å². The first-order valence-corrected chi connectivity index (χ1v) is 29.8. The summed E-state index contributed by atoms with van der Waals surface area (Å²) >= 11 is 0. The highest BCUT2D eigenvalue weighted by atomic mass is 16.7. The van der Waals surface area contributed by atoms with Gasteiger partial charge in [-0.15, -0.1) is 0 Å². The van der Waals surface area contributed by atoms with Crippen LogP contribution in [-0.4, -0.2) is 93.8 Å². The van der Waals surface area contributed by atoms with E-state index in [0.29, 0.717) is 6.61 Å². The molecular weight excluding hydrogens is 1100 g/mol. The summed E-state index contributed by atoms with van der Waals surface area (Å²) in [5, 5.41) is 0. The molecule has 87 heavy (non-hydrogen) atoms. The number of ether oxygens (including phenoxy) is 12. The molecule has 0 radical (unpaired) electrons. The lowest BCUT2D eigenvalue weighted by molar-refractivity contribution is -0.323. The lowest BCUT2D eigenvalue weighted by Crippen LogP contribution is -2.62. The smallest absolute Gasteiger partial charge is 0.308 e. The van der Waals surface area contributed by atoms with Gasteiger partial charge in [0, 0.05) is 19.1 Å². The van der Waals surface area contributed by atoms with E-state index >= 15 is 0 Å². The summed E-state index contributed by atoms with van der Waals surface area (Å²) < 4.78 is 80.6. The molecule has 0 aliphatic carbocycles. The van der Waals surface area contributed by atoms with Crippen molar-refractivity contribution in [1.29, 1.82) is 0 Å². The average molecular weight is 1170 g/mol. The zero-order valence-electron chi connectivity index (χ0n) is 49.0. The fourth-order valence-electron chi connectivity index (χ4n) is 10.4. The molecule has 0 aromatic heterocycles. The molecule has 2 heterocycles. The van der Waals surface area contributed by atoms with Crippen LogP contribution in [0.25, 0.3) is 0 Å². The molecule has 0 spiro atoms. The highest BCUT2D eigenvalue weighted by Gasteiger charge is 2.51. The molecule has 8 aromatic carbocycles. The third kappa shape index (κ3) is 19.4. The van der Waals surface area contributed by atoms with Gasteiger partial charge in [0.15, 0.2) is 6.29 Å². The Labute approximate surface area is 511 Å². The van der Waals surface area contributed by atoms with Crippen molar-refractivity contribution in [3.63, 3.8) is 0 Å². The Bertz CT molecular complexity index is 3250. The molecule has 2 saturated heterocycles. The number of benzene rings is 8. The van der Waals surface area contributed by atoms with Crippen LogP contribution in [0.1, 0.15) is 57.3 Å². The van der Waals surface area contributed by atoms with Crippen LogP contribution in [0.2, 0.25) is 0 Å². The summed E-state index contributed by atoms with van der Waals surface area (Å²) in [5.41, 5.74) is 7.49. The van der Waals surface area contributed by atoms with Crippen LogP contribution in [0.5, 0.6) is 0 Å². The van der Waals surface area contributed by atoms with E-state index in [1.165, 1.54) is 0 Å². The van der Waals surface area contributed by atoms with E-state index in [4.69, 9.17) is 56.8 Å². The van der Waals surface area contributed by atoms with Gasteiger partial charge in [-0.05, 0) is 57.5 Å². The van der Waals surface area contributed by atoms with E-state index in [1.54, 1.807) is 7.11 Å². The van der Waals surface area contributed by atoms with Crippen LogP contribution in [0.3, 0.4) is 0 Å². The zero-order chi connectivity index (χ0) is 59.5. The lowest BCUT2D eigenvalue weighted by atomic mass is 9.97. The van der Waals surface area contributed by atoms with Crippen molar-refractivity contribution in [3.05, 3.63) is 287 Å². The minimum Gasteiger partial charge on any atom is -0.433 e. The van der Waals surface area contributed by atoms with Crippen molar-refractivity contribution >= 4 is 5.97 Å². The fourth-order valence-corrected chi connectivity index (χ4v) is 10.4. The van der Waals surface area contributed by atoms with Crippen molar-refractivity contribution in [3.8, 4) is 11.8 Å². The number of methoxy groups -OCH3 is 1. The fraction of sp³-hybridized carbons (Fsp3) is 0.311. The summed E-state index contributed by atoms with van der Waals surface area (Å²) in [6, 6.07) is 79.0. The van der Waals surface area contributed by atoms with Crippen LogP contribution in [0, 0.1) is 11.8 Å². The van der Waals surface area contributed by atoms with Gasteiger partial charge in [-0.1, -0.05) is 242 Å². The Hall–Kier alpha value is -7.65. The molecule has 13 heteroatoms. The van der Waals surface area contributed by atoms with E-state index in [9.17, 15) is 4.79 Å². The minimum atomic E-state index is -1.26. The Morgan fingerprint density at radius 2 is 0.713 bits per heavy atom. The van der Waals surface area contributed by atoms with E-state index in [2.05, 4.69) is 11.8 Å². The second-order valence-electron chi connectivity index (χ2n) is 21.4. The van der Waals surface area contributed by atoms with Gasteiger partial charge in [0.25, 0.3) is 0 Å². The maximum atomic E-state index is 14.7. The van der Waals surface area contributed by atoms with Crippen LogP contribution < -0.4 is 0 Å². The standard InChI is InChI=1S/C74H76O13/c1-76-73-71(83-51-61-38-22-8-23-39-61)69(81-49-59-34-18-6-19-35-59)68(80-48-58-32-16-5-17-33-58)65(85-73)54-78-63(43-42-55-26-10-2-11-27-55)44-45-66(75)87-74-72(84-52-62-40-24-9-25-41-62)70(82-50-60-36-20-7-21-37-60)67(79-47-57-30-14-4-15-31-57)64(86-74)53-77-46-56-28-12-3-13-29-56/h2-41,63-65,67-74H,44-54H2,1H3/t63?,64-,65-,67-,68-,69+,70+,71-,72-,73+,74?/m1/s1. The maximum absolute atomic E-state index is 14.7. The largest absolute Gasteiger partial charge is 0.433 e. The monoisotopic (exact) mass is 1170 g/mol. The zero-order valence-corrected chi connectivity index (χ0v) is 49.0. The molecule has 8 aromatic rings. The molecule has 0 amide bonds. The normalized spacial score (nSPS) is 22.1. The maximum Gasteiger partial charge on any atom is 0.308 e. The van der Waals surface area contributed by atoms with Gasteiger partial charge < -0.3 is 56.8 Å². The van der Waals surface area contributed by atoms with Gasteiger partial charge in [-0.3, -0.25) is 4.79 Å². The molecule has 0 saturated carbocycles. The first kappa shape index (κ1) is 62.4. The third-order valence-corrected chi connectivity index (χ3v) is 15.0. The van der Waals surface area contributed by atoms with Crippen molar-refractivity contribution in [1.82, 2.24) is 0 Å². The number of hydrogen-bond acceptors (Lipinski definition) is 13. The molecule has 13 nitrogen and oxygen atoms in total. The molecule has 0 N–H and O–H groups in total. The van der Waals surface area contributed by atoms with Crippen LogP contribution in [0.15, 0.2) is 243 Å². The quantitative estimate of drug-likeness (QED) is 0.0313. The molecule has 450 valence electrons. The molecule has 10 rings (SSSR count). The second kappa shape index (κ2) is 34.0. The van der Waals surface area contributed by atoms with Gasteiger partial charge in [0.2, 0.25) is 6.29 Å². The predicted octanol–water partition coefficient (Wildman–Crippen LogP) is 12.6. The van der Waals surface area contributed by atoms with Gasteiger partial charge in [-0.25, -0.2) is 0 Å². The SMILES string of the molecule is CO[C@H]1O[C@H](COC(C#Cc2ccccc2)CCC(=O)OC2O[C@H](COCc3ccccc3)[C@@H](OCc3ccccc3)[C@H](OCc3ccccc3)[C@H]2OCc2ccccc2)[C@@H](OCc2ccccc2)[C@H](OCc2ccccc2)[C@H]1OCc1ccccc1. The van der Waals surface area contributed by atoms with Crippen molar-refractivity contribution in [2.24, 2.45) is 0 Å². The Morgan fingerprint density at radius 3 is 1.10 bits per heavy atom. The highest BCUT2D eigenvalue weighted by molar-refractivity contribution is 5.69. The highest BCUT2D eigenvalue weighted by Crippen LogP contribution is 2.34. The van der Waals surface area contributed by atoms with E-state index < -0.39 is 73.5 Å². The Balaban J connectivity index is 0.917. The number of hydrogen-bond donors (Lipinski definition) is 0. The molecule has 2 aliphatic rings. The van der Waals surface area contributed by atoms with Gasteiger partial charge in [0.05, 0.1) is 59.5 Å². The van der Waals surface area contributed by atoms with Crippen molar-refractivity contribution in [2.75, 3.05) is 20.3 Å². The van der Waals surface area contributed by atoms with Crippen LogP contribution in [-0.2, 0) is 108 Å². The van der Waals surface area contributed by atoms with E-state index in [0.717, 1.165) is 44.5 Å². The summed E-state index contributed by atoms with van der Waals surface area (Å²) in [7, 11) is 1.59. The van der Waals surface area contributed by atoms with Crippen molar-refractivity contribution < 1.29 is 61.6 Å². The number of esters is 1. The van der Waals surface area contributed by atoms with Crippen LogP contribution >= 0.6 is 0 Å². The van der Waals surface area contributed by atoms with Crippen LogP contribution in [0.4, 0.5) is 0 Å². The number of carbonyl (C=O) groups is 1. The second-order valence-corrected chi connectivity index (χ2v) is 21.4. The van der Waals surface area contributed by atoms with E-state index in [1.807, 2.05) is 243 Å². The molecule has 2 unspecified atom stereocenters. The molecular formula is C74H76O13. The first-order valence-electron chi connectivity index (χ1n) is 29.8. The van der Waals surface area contributed by atoms with Gasteiger partial charge >= 0.3 is 5.97 Å². The predicted molar refractivity (Wildman–Crippen MR) is 329 cm³/mol. The molecule has 2 aliphatic heterocycles. The van der Waals surface area contributed by atoms with Gasteiger partial charge in [-0.2, -0.15) is 0 Å². The summed E-state index contributed by atoms with van der Waals surface area (Å²) in [6.45, 7) is 1.81.